The van der Waals surface area contributed by atoms with Crippen LogP contribution in [-0.4, -0.2) is 24.5 Å². The van der Waals surface area contributed by atoms with Gasteiger partial charge >= 0.3 is 0 Å². The Labute approximate surface area is 150 Å². The molecule has 0 aliphatic heterocycles. The normalized spacial score (nSPS) is 14.5. The minimum Gasteiger partial charge on any atom is -0.343 e. The molecule has 0 saturated heterocycles. The Morgan fingerprint density at radius 2 is 1.65 bits per heavy atom. The maximum atomic E-state index is 12.8. The van der Waals surface area contributed by atoms with Gasteiger partial charge in [0.05, 0.1) is 16.0 Å². The highest BCUT2D eigenvalue weighted by molar-refractivity contribution is 7.92. The molecule has 4 rings (SSSR count). The van der Waals surface area contributed by atoms with Crippen molar-refractivity contribution in [2.75, 3.05) is 5.75 Å². The Kier molecular flexibility index (Phi) is 4.00. The molecule has 2 aromatic carbocycles. The van der Waals surface area contributed by atoms with Gasteiger partial charge in [0.1, 0.15) is 5.75 Å². The largest absolute Gasteiger partial charge is 0.343 e. The number of carbonyl (C=O) groups excluding carboxylic acids is 1. The predicted molar refractivity (Wildman–Crippen MR) is 99.3 cm³/mol. The molecule has 0 unspecified atom stereocenters. The number of hydrogen-bond acceptors (Lipinski definition) is 4. The first-order valence-corrected chi connectivity index (χ1v) is 10.1. The van der Waals surface area contributed by atoms with Crippen LogP contribution in [0.3, 0.4) is 0 Å². The first-order valence-electron chi connectivity index (χ1n) is 8.42. The number of aromatic nitrogens is 1. The molecule has 0 spiro atoms. The van der Waals surface area contributed by atoms with E-state index in [4.69, 9.17) is 0 Å². The van der Waals surface area contributed by atoms with Gasteiger partial charge in [-0.25, -0.2) is 8.42 Å². The highest BCUT2D eigenvalue weighted by Crippen LogP contribution is 2.36. The number of pyridine rings is 1. The predicted octanol–water partition coefficient (Wildman–Crippen LogP) is 2.99. The first-order chi connectivity index (χ1) is 12.5. The topological polar surface area (TPSA) is 73.2 Å². The molecule has 1 aliphatic rings. The van der Waals surface area contributed by atoms with Gasteiger partial charge in [-0.1, -0.05) is 30.3 Å². The lowest BCUT2D eigenvalue weighted by Crippen LogP contribution is -2.24. The molecule has 1 heterocycles. The maximum Gasteiger partial charge on any atom is 0.200 e. The van der Waals surface area contributed by atoms with Crippen molar-refractivity contribution >= 4 is 26.5 Å². The van der Waals surface area contributed by atoms with Crippen LogP contribution < -0.4 is 5.43 Å². The van der Waals surface area contributed by atoms with Crippen molar-refractivity contribution < 1.29 is 13.2 Å². The zero-order chi connectivity index (χ0) is 18.3. The summed E-state index contributed by atoms with van der Waals surface area (Å²) in [4.78, 5) is 25.5. The van der Waals surface area contributed by atoms with E-state index in [2.05, 4.69) is 0 Å². The van der Waals surface area contributed by atoms with Gasteiger partial charge in [0.15, 0.2) is 21.0 Å². The van der Waals surface area contributed by atoms with Gasteiger partial charge < -0.3 is 4.57 Å². The lowest BCUT2D eigenvalue weighted by atomic mass is 10.1. The molecule has 132 valence electrons. The van der Waals surface area contributed by atoms with Crippen molar-refractivity contribution in [1.29, 1.82) is 0 Å². The van der Waals surface area contributed by atoms with E-state index < -0.39 is 26.8 Å². The van der Waals surface area contributed by atoms with Crippen LogP contribution in [0.5, 0.6) is 0 Å². The summed E-state index contributed by atoms with van der Waals surface area (Å²) in [5.74, 6) is -1.38. The Hall–Kier alpha value is -2.73. The van der Waals surface area contributed by atoms with E-state index in [1.165, 1.54) is 18.3 Å². The minimum atomic E-state index is -3.79. The fourth-order valence-electron chi connectivity index (χ4n) is 3.12. The van der Waals surface area contributed by atoms with Crippen molar-refractivity contribution in [3.8, 4) is 0 Å². The standard InChI is InChI=1S/C20H17NO4S/c22-19(13-26(24,25)15-6-2-1-3-7-15)17-12-21(14-10-11-14)18-9-5-4-8-16(18)20(17)23/h1-9,12,14H,10-11,13H2. The number of sulfone groups is 1. The summed E-state index contributed by atoms with van der Waals surface area (Å²) in [6.07, 6.45) is 3.51. The van der Waals surface area contributed by atoms with Crippen LogP contribution in [0.2, 0.25) is 0 Å². The number of Topliss-reactive ketones (excluding diaryl/α,β-unsaturated/α-hetero) is 1. The van der Waals surface area contributed by atoms with E-state index in [1.54, 1.807) is 30.3 Å². The molecule has 6 heteroatoms. The minimum absolute atomic E-state index is 0.0601. The zero-order valence-electron chi connectivity index (χ0n) is 14.0. The quantitative estimate of drug-likeness (QED) is 0.650. The molecule has 1 fully saturated rings. The smallest absolute Gasteiger partial charge is 0.200 e. The van der Waals surface area contributed by atoms with E-state index in [0.717, 1.165) is 18.4 Å². The van der Waals surface area contributed by atoms with Gasteiger partial charge in [0, 0.05) is 17.6 Å². The van der Waals surface area contributed by atoms with Gasteiger partial charge in [-0.05, 0) is 37.1 Å². The molecule has 0 bridgehead atoms. The van der Waals surface area contributed by atoms with Crippen molar-refractivity contribution in [3.05, 3.63) is 76.6 Å². The summed E-state index contributed by atoms with van der Waals surface area (Å²) in [7, 11) is -3.79. The number of hydrogen-bond donors (Lipinski definition) is 0. The van der Waals surface area contributed by atoms with E-state index in [9.17, 15) is 18.0 Å². The fourth-order valence-corrected chi connectivity index (χ4v) is 4.36. The summed E-state index contributed by atoms with van der Waals surface area (Å²) < 4.78 is 26.9. The highest BCUT2D eigenvalue weighted by Gasteiger charge is 2.28. The van der Waals surface area contributed by atoms with Gasteiger partial charge in [-0.15, -0.1) is 0 Å². The maximum absolute atomic E-state index is 12.8. The number of carbonyl (C=O) groups is 1. The van der Waals surface area contributed by atoms with Crippen molar-refractivity contribution in [2.45, 2.75) is 23.8 Å². The third kappa shape index (κ3) is 2.97. The van der Waals surface area contributed by atoms with Gasteiger partial charge in [-0.2, -0.15) is 0 Å². The molecule has 1 aliphatic carbocycles. The fraction of sp³-hybridized carbons (Fsp3) is 0.200. The van der Waals surface area contributed by atoms with Crippen LogP contribution in [0, 0.1) is 0 Å². The summed E-state index contributed by atoms with van der Waals surface area (Å²) in [5.41, 5.74) is 0.309. The number of ketones is 1. The average Bonchev–Trinajstić information content (AvgIpc) is 3.47. The monoisotopic (exact) mass is 367 g/mol. The number of fused-ring (bicyclic) bond motifs is 1. The van der Waals surface area contributed by atoms with E-state index >= 15 is 0 Å². The van der Waals surface area contributed by atoms with Crippen LogP contribution >= 0.6 is 0 Å². The summed E-state index contributed by atoms with van der Waals surface area (Å²) >= 11 is 0. The molecule has 26 heavy (non-hydrogen) atoms. The number of rotatable bonds is 5. The average molecular weight is 367 g/mol. The zero-order valence-corrected chi connectivity index (χ0v) is 14.8. The lowest BCUT2D eigenvalue weighted by molar-refractivity contribution is 0.101. The molecular formula is C20H17NO4S. The SMILES string of the molecule is O=C(CS(=O)(=O)c1ccccc1)c1cn(C2CC2)c2ccccc2c1=O. The van der Waals surface area contributed by atoms with E-state index in [1.807, 2.05) is 16.7 Å². The second kappa shape index (κ2) is 6.21. The molecule has 0 amide bonds. The Bertz CT molecular complexity index is 1160. The second-order valence-corrected chi connectivity index (χ2v) is 8.51. The highest BCUT2D eigenvalue weighted by atomic mass is 32.2. The molecule has 0 N–H and O–H groups in total. The summed E-state index contributed by atoms with van der Waals surface area (Å²) in [5, 5.41) is 0.447. The Balaban J connectivity index is 1.78. The number of benzene rings is 2. The van der Waals surface area contributed by atoms with Crippen LogP contribution in [-0.2, 0) is 9.84 Å². The van der Waals surface area contributed by atoms with Crippen LogP contribution in [0.15, 0.2) is 70.5 Å². The second-order valence-electron chi connectivity index (χ2n) is 6.52. The molecule has 0 atom stereocenters. The third-order valence-corrected chi connectivity index (χ3v) is 6.24. The van der Waals surface area contributed by atoms with Crippen LogP contribution in [0.1, 0.15) is 29.2 Å². The van der Waals surface area contributed by atoms with E-state index in [0.29, 0.717) is 5.39 Å². The first kappa shape index (κ1) is 16.7. The van der Waals surface area contributed by atoms with Crippen molar-refractivity contribution in [3.63, 3.8) is 0 Å². The summed E-state index contributed by atoms with van der Waals surface area (Å²) in [6, 6.07) is 15.2. The van der Waals surface area contributed by atoms with Gasteiger partial charge in [-0.3, -0.25) is 9.59 Å². The van der Waals surface area contributed by atoms with Crippen LogP contribution in [0.4, 0.5) is 0 Å². The van der Waals surface area contributed by atoms with Crippen molar-refractivity contribution in [2.24, 2.45) is 0 Å². The Morgan fingerprint density at radius 1 is 1.00 bits per heavy atom. The van der Waals surface area contributed by atoms with Crippen LogP contribution in [0.25, 0.3) is 10.9 Å². The molecular weight excluding hydrogens is 350 g/mol. The number of nitrogens with zero attached hydrogens (tertiary/aromatic N) is 1. The third-order valence-electron chi connectivity index (χ3n) is 4.60. The Morgan fingerprint density at radius 3 is 2.35 bits per heavy atom. The lowest BCUT2D eigenvalue weighted by Gasteiger charge is -2.12. The molecule has 1 aromatic heterocycles. The van der Waals surface area contributed by atoms with Crippen molar-refractivity contribution in [1.82, 2.24) is 4.57 Å². The van der Waals surface area contributed by atoms with Gasteiger partial charge in [0.2, 0.25) is 0 Å². The van der Waals surface area contributed by atoms with Gasteiger partial charge in [0.25, 0.3) is 0 Å². The molecule has 1 saturated carbocycles. The molecule has 3 aromatic rings. The number of para-hydroxylation sites is 1. The van der Waals surface area contributed by atoms with E-state index in [-0.39, 0.29) is 16.5 Å². The molecule has 0 radical (unpaired) electrons. The summed E-state index contributed by atoms with van der Waals surface area (Å²) in [6.45, 7) is 0. The molecule has 5 nitrogen and oxygen atoms in total.